The van der Waals surface area contributed by atoms with Crippen molar-refractivity contribution in [1.29, 1.82) is 0 Å². The molecule has 0 aliphatic carbocycles. The molecule has 1 amide bonds. The van der Waals surface area contributed by atoms with E-state index in [9.17, 15) is 9.18 Å². The molecule has 3 rings (SSSR count). The van der Waals surface area contributed by atoms with E-state index < -0.39 is 0 Å². The monoisotopic (exact) mass is 512 g/mol. The fourth-order valence-electron chi connectivity index (χ4n) is 2.79. The zero-order valence-corrected chi connectivity index (χ0v) is 18.2. The van der Waals surface area contributed by atoms with Gasteiger partial charge in [-0.25, -0.2) is 9.37 Å². The molecule has 3 aromatic rings. The molecule has 0 radical (unpaired) electrons. The number of nitrogens with one attached hydrogen (secondary N) is 1. The predicted molar refractivity (Wildman–Crippen MR) is 119 cm³/mol. The van der Waals surface area contributed by atoms with Crippen molar-refractivity contribution in [2.75, 3.05) is 32.8 Å². The van der Waals surface area contributed by atoms with Crippen LogP contribution in [0.3, 0.4) is 0 Å². The number of ether oxygens (including phenoxy) is 1. The highest BCUT2D eigenvalue weighted by atomic mass is 131. The second kappa shape index (κ2) is 10.4. The number of carbonyl (C=O) groups is 1. The second-order valence-corrected chi connectivity index (χ2v) is 7.60. The van der Waals surface area contributed by atoms with Crippen molar-refractivity contribution in [1.82, 2.24) is 20.2 Å². The van der Waals surface area contributed by atoms with E-state index in [2.05, 4.69) is 42.8 Å². The van der Waals surface area contributed by atoms with E-state index >= 15 is 0 Å². The maximum atomic E-state index is 13.6. The average Bonchev–Trinajstić information content (AvgIpc) is 2.73. The second-order valence-electron chi connectivity index (χ2n) is 6.36. The molecule has 0 saturated carbocycles. The maximum Gasteiger partial charge on any atom is 0.271 e. The fraction of sp³-hybridized carbons (Fsp3) is 0.286. The molecular weight excluding hydrogens is 490 g/mol. The van der Waals surface area contributed by atoms with Crippen LogP contribution < -0.4 is 10.1 Å². The van der Waals surface area contributed by atoms with Crippen molar-refractivity contribution < 1.29 is 13.9 Å². The molecule has 8 heteroatoms. The van der Waals surface area contributed by atoms with Gasteiger partial charge in [0.15, 0.2) is 11.6 Å². The number of benzene rings is 2. The molecule has 1 aromatic heterocycles. The van der Waals surface area contributed by atoms with Gasteiger partial charge in [-0.05, 0) is 59.5 Å². The van der Waals surface area contributed by atoms with Crippen LogP contribution in [0.4, 0.5) is 4.39 Å². The van der Waals surface area contributed by atoms with Crippen LogP contribution in [0, 0.1) is 9.39 Å². The summed E-state index contributed by atoms with van der Waals surface area (Å²) in [6, 6.07) is 12.1. The number of hydrogen-bond acceptors (Lipinski definition) is 5. The molecule has 0 spiro atoms. The Kier molecular flexibility index (Phi) is 7.70. The number of carbonyl (C=O) groups excluding carboxylic acids is 1. The van der Waals surface area contributed by atoms with Gasteiger partial charge in [0.05, 0.1) is 17.2 Å². The highest BCUT2D eigenvalue weighted by Gasteiger charge is 2.10. The van der Waals surface area contributed by atoms with Gasteiger partial charge in [-0.1, -0.05) is 19.1 Å². The van der Waals surface area contributed by atoms with Crippen LogP contribution >= 0.6 is 22.6 Å². The summed E-state index contributed by atoms with van der Waals surface area (Å²) in [4.78, 5) is 23.2. The van der Waals surface area contributed by atoms with E-state index in [0.29, 0.717) is 37.5 Å². The summed E-state index contributed by atoms with van der Waals surface area (Å²) in [5, 5.41) is 2.87. The summed E-state index contributed by atoms with van der Waals surface area (Å²) in [6.45, 7) is 4.96. The standard InChI is InChI=1S/C21H22FIN4O2/c1-2-27(11-12-29-20-6-4-3-5-16(20)22)10-9-24-21(28)19-14-25-18-13-15(23)7-8-17(18)26-19/h3-8,13-14H,2,9-12H2,1H3,(H,24,28)/i23+4. The third-order valence-electron chi connectivity index (χ3n) is 4.40. The largest absolute Gasteiger partial charge is 0.489 e. The SMILES string of the molecule is CCN(CCNC(=O)c1cnc2cc([131I])ccc2n1)CCOc1ccccc1F. The molecule has 0 fully saturated rings. The Hall–Kier alpha value is -2.33. The minimum absolute atomic E-state index is 0.251. The topological polar surface area (TPSA) is 67.4 Å². The Morgan fingerprint density at radius 3 is 2.83 bits per heavy atom. The smallest absolute Gasteiger partial charge is 0.271 e. The Labute approximate surface area is 182 Å². The first-order valence-corrected chi connectivity index (χ1v) is 10.4. The Morgan fingerprint density at radius 2 is 2.03 bits per heavy atom. The third-order valence-corrected chi connectivity index (χ3v) is 5.07. The quantitative estimate of drug-likeness (QED) is 0.445. The van der Waals surface area contributed by atoms with Crippen LogP contribution in [-0.4, -0.2) is 53.6 Å². The molecule has 0 saturated heterocycles. The molecule has 1 N–H and O–H groups in total. The number of hydrogen-bond donors (Lipinski definition) is 1. The van der Waals surface area contributed by atoms with Crippen LogP contribution in [0.15, 0.2) is 48.7 Å². The normalized spacial score (nSPS) is 11.0. The lowest BCUT2D eigenvalue weighted by molar-refractivity contribution is 0.0942. The molecule has 0 bridgehead atoms. The zero-order chi connectivity index (χ0) is 20.6. The van der Waals surface area contributed by atoms with Gasteiger partial charge in [0, 0.05) is 23.2 Å². The van der Waals surface area contributed by atoms with Crippen molar-refractivity contribution in [2.45, 2.75) is 6.92 Å². The molecule has 152 valence electrons. The molecule has 0 aliphatic rings. The first kappa shape index (κ1) is 21.4. The fourth-order valence-corrected chi connectivity index (χ4v) is 3.26. The average molecular weight is 512 g/mol. The Bertz CT molecular complexity index is 986. The summed E-state index contributed by atoms with van der Waals surface area (Å²) < 4.78 is 20.1. The van der Waals surface area contributed by atoms with Crippen LogP contribution in [0.2, 0.25) is 0 Å². The van der Waals surface area contributed by atoms with E-state index in [0.717, 1.165) is 15.6 Å². The minimum atomic E-state index is -0.367. The lowest BCUT2D eigenvalue weighted by Crippen LogP contribution is -2.37. The van der Waals surface area contributed by atoms with Gasteiger partial charge >= 0.3 is 0 Å². The molecular formula is C21H22FIN4O2. The molecule has 6 nitrogen and oxygen atoms in total. The molecule has 0 unspecified atom stereocenters. The number of aromatic nitrogens is 2. The van der Waals surface area contributed by atoms with Gasteiger partial charge in [-0.2, -0.15) is 0 Å². The number of fused-ring (bicyclic) bond motifs is 1. The van der Waals surface area contributed by atoms with Crippen LogP contribution in [0.5, 0.6) is 5.75 Å². The van der Waals surface area contributed by atoms with Gasteiger partial charge in [-0.3, -0.25) is 14.7 Å². The maximum absolute atomic E-state index is 13.6. The number of amides is 1. The van der Waals surface area contributed by atoms with Gasteiger partial charge in [0.25, 0.3) is 5.91 Å². The Morgan fingerprint density at radius 1 is 1.21 bits per heavy atom. The summed E-state index contributed by atoms with van der Waals surface area (Å²) in [5.74, 6) is -0.368. The Balaban J connectivity index is 1.45. The highest BCUT2D eigenvalue weighted by Crippen LogP contribution is 2.15. The van der Waals surface area contributed by atoms with Crippen molar-refractivity contribution >= 4 is 39.5 Å². The van der Waals surface area contributed by atoms with Gasteiger partial charge in [-0.15, -0.1) is 0 Å². The first-order valence-electron chi connectivity index (χ1n) is 9.37. The lowest BCUT2D eigenvalue weighted by atomic mass is 10.3. The van der Waals surface area contributed by atoms with Crippen molar-refractivity contribution in [2.24, 2.45) is 0 Å². The van der Waals surface area contributed by atoms with Crippen LogP contribution in [0.1, 0.15) is 17.4 Å². The number of likely N-dealkylation sites (N-methyl/N-ethyl adjacent to an activating group) is 1. The van der Waals surface area contributed by atoms with E-state index in [-0.39, 0.29) is 17.5 Å². The number of para-hydroxylation sites is 1. The molecule has 29 heavy (non-hydrogen) atoms. The van der Waals surface area contributed by atoms with Gasteiger partial charge in [0.2, 0.25) is 0 Å². The van der Waals surface area contributed by atoms with E-state index in [4.69, 9.17) is 4.74 Å². The highest BCUT2D eigenvalue weighted by molar-refractivity contribution is 14.1. The number of nitrogens with zero attached hydrogens (tertiary/aromatic N) is 3. The first-order chi connectivity index (χ1) is 14.1. The van der Waals surface area contributed by atoms with E-state index in [1.807, 2.05) is 25.1 Å². The minimum Gasteiger partial charge on any atom is -0.489 e. The van der Waals surface area contributed by atoms with E-state index in [1.54, 1.807) is 18.2 Å². The zero-order valence-electron chi connectivity index (χ0n) is 16.1. The lowest BCUT2D eigenvalue weighted by Gasteiger charge is -2.20. The summed E-state index contributed by atoms with van der Waals surface area (Å²) >= 11 is 2.21. The van der Waals surface area contributed by atoms with Crippen molar-refractivity contribution in [3.63, 3.8) is 0 Å². The van der Waals surface area contributed by atoms with Gasteiger partial charge < -0.3 is 10.1 Å². The van der Waals surface area contributed by atoms with E-state index in [1.165, 1.54) is 12.3 Å². The number of halogens is 2. The third kappa shape index (κ3) is 6.07. The molecule has 0 atom stereocenters. The van der Waals surface area contributed by atoms with Crippen LogP contribution in [0.25, 0.3) is 11.0 Å². The van der Waals surface area contributed by atoms with Gasteiger partial charge in [0.1, 0.15) is 12.3 Å². The molecule has 1 heterocycles. The van der Waals surface area contributed by atoms with Crippen molar-refractivity contribution in [3.05, 3.63) is 63.7 Å². The summed E-state index contributed by atoms with van der Waals surface area (Å²) in [7, 11) is 0. The number of rotatable bonds is 9. The predicted octanol–water partition coefficient (Wildman–Crippen LogP) is 3.50. The van der Waals surface area contributed by atoms with Crippen molar-refractivity contribution in [3.8, 4) is 5.75 Å². The summed E-state index contributed by atoms with van der Waals surface area (Å²) in [5.41, 5.74) is 1.75. The molecule has 2 aromatic carbocycles. The molecule has 0 aliphatic heterocycles. The summed E-state index contributed by atoms with van der Waals surface area (Å²) in [6.07, 6.45) is 1.49. The van der Waals surface area contributed by atoms with Crippen LogP contribution in [-0.2, 0) is 0 Å².